The summed E-state index contributed by atoms with van der Waals surface area (Å²) in [7, 11) is 0. The Kier molecular flexibility index (Phi) is 5.77. The van der Waals surface area contributed by atoms with Crippen LogP contribution >= 0.6 is 0 Å². The van der Waals surface area contributed by atoms with Crippen molar-refractivity contribution in [2.24, 2.45) is 0 Å². The van der Waals surface area contributed by atoms with Crippen molar-refractivity contribution in [3.8, 4) is 0 Å². The van der Waals surface area contributed by atoms with Gasteiger partial charge in [-0.3, -0.25) is 9.36 Å². The van der Waals surface area contributed by atoms with Crippen molar-refractivity contribution in [2.75, 3.05) is 26.2 Å². The van der Waals surface area contributed by atoms with E-state index in [-0.39, 0.29) is 17.6 Å². The average Bonchev–Trinajstić information content (AvgIpc) is 3.15. The Hall–Kier alpha value is -3.38. The molecule has 4 aromatic rings. The molecule has 0 unspecified atom stereocenters. The summed E-state index contributed by atoms with van der Waals surface area (Å²) in [6, 6.07) is 22.5. The van der Waals surface area contributed by atoms with Crippen LogP contribution in [0.3, 0.4) is 0 Å². The van der Waals surface area contributed by atoms with Gasteiger partial charge in [0.2, 0.25) is 5.91 Å². The molecule has 164 valence electrons. The smallest absolute Gasteiger partial charge is 0.326 e. The molecule has 1 aliphatic heterocycles. The minimum atomic E-state index is -0.0226. The van der Waals surface area contributed by atoms with E-state index in [0.29, 0.717) is 13.0 Å². The van der Waals surface area contributed by atoms with Crippen molar-refractivity contribution >= 4 is 27.7 Å². The fraction of sp³-hybridized carbons (Fsp3) is 0.308. The summed E-state index contributed by atoms with van der Waals surface area (Å²) in [5, 5.41) is 5.41. The number of carbonyl (C=O) groups excluding carboxylic acids is 1. The fourth-order valence-corrected chi connectivity index (χ4v) is 4.79. The zero-order valence-electron chi connectivity index (χ0n) is 18.1. The third-order valence-corrected chi connectivity index (χ3v) is 6.47. The number of amides is 1. The van der Waals surface area contributed by atoms with Gasteiger partial charge in [0.1, 0.15) is 0 Å². The lowest BCUT2D eigenvalue weighted by molar-refractivity contribution is -0.120. The monoisotopic (exact) mass is 428 g/mol. The molecule has 1 fully saturated rings. The first-order valence-corrected chi connectivity index (χ1v) is 11.3. The Bertz CT molecular complexity index is 1300. The van der Waals surface area contributed by atoms with Crippen LogP contribution in [0, 0.1) is 0 Å². The van der Waals surface area contributed by atoms with Crippen molar-refractivity contribution < 1.29 is 4.79 Å². The molecule has 0 bridgehead atoms. The maximum Gasteiger partial charge on any atom is 0.326 e. The Balaban J connectivity index is 1.10. The van der Waals surface area contributed by atoms with Crippen LogP contribution in [0.25, 0.3) is 21.8 Å². The number of para-hydroxylation sites is 2. The summed E-state index contributed by atoms with van der Waals surface area (Å²) in [5.41, 5.74) is 2.89. The van der Waals surface area contributed by atoms with Gasteiger partial charge in [0.05, 0.1) is 17.5 Å². The van der Waals surface area contributed by atoms with Crippen LogP contribution in [0.15, 0.2) is 71.5 Å². The molecule has 0 aliphatic carbocycles. The summed E-state index contributed by atoms with van der Waals surface area (Å²) < 4.78 is 1.91. The highest BCUT2D eigenvalue weighted by molar-refractivity contribution is 5.85. The van der Waals surface area contributed by atoms with E-state index in [4.69, 9.17) is 0 Å². The minimum absolute atomic E-state index is 0.0226. The number of hydrogen-bond acceptors (Lipinski definition) is 3. The zero-order valence-corrected chi connectivity index (χ0v) is 18.1. The number of benzene rings is 3. The van der Waals surface area contributed by atoms with Crippen molar-refractivity contribution in [1.82, 2.24) is 19.8 Å². The Morgan fingerprint density at radius 2 is 1.72 bits per heavy atom. The van der Waals surface area contributed by atoms with Crippen LogP contribution in [0.4, 0.5) is 0 Å². The fourth-order valence-electron chi connectivity index (χ4n) is 4.79. The van der Waals surface area contributed by atoms with Crippen LogP contribution in [0.5, 0.6) is 0 Å². The third kappa shape index (κ3) is 4.32. The molecule has 5 rings (SSSR count). The van der Waals surface area contributed by atoms with Crippen molar-refractivity contribution in [1.29, 1.82) is 0 Å². The molecule has 1 amide bonds. The number of aromatic amines is 1. The summed E-state index contributed by atoms with van der Waals surface area (Å²) >= 11 is 0. The SMILES string of the molecule is O=C(Cc1ccc2ccccc2c1)NCCN1CCC(n2c(=O)[nH]c3ccccc32)CC1. The van der Waals surface area contributed by atoms with Crippen LogP contribution in [-0.4, -0.2) is 46.5 Å². The number of H-pyrrole nitrogens is 1. The maximum atomic E-state index is 12.4. The van der Waals surface area contributed by atoms with Gasteiger partial charge in [0, 0.05) is 32.2 Å². The zero-order chi connectivity index (χ0) is 21.9. The number of hydrogen-bond donors (Lipinski definition) is 2. The number of rotatable bonds is 6. The molecule has 2 N–H and O–H groups in total. The van der Waals surface area contributed by atoms with Crippen LogP contribution in [0.2, 0.25) is 0 Å². The van der Waals surface area contributed by atoms with Gasteiger partial charge in [-0.1, -0.05) is 54.6 Å². The van der Waals surface area contributed by atoms with E-state index >= 15 is 0 Å². The Labute approximate surface area is 186 Å². The second kappa shape index (κ2) is 9.01. The second-order valence-electron chi connectivity index (χ2n) is 8.60. The molecule has 3 aromatic carbocycles. The van der Waals surface area contributed by atoms with Gasteiger partial charge < -0.3 is 15.2 Å². The van der Waals surface area contributed by atoms with Crippen LogP contribution in [0.1, 0.15) is 24.4 Å². The molecule has 0 radical (unpaired) electrons. The molecule has 2 heterocycles. The summed E-state index contributed by atoms with van der Waals surface area (Å²) in [6.07, 6.45) is 2.27. The number of likely N-dealkylation sites (tertiary alicyclic amines) is 1. The summed E-state index contributed by atoms with van der Waals surface area (Å²) in [4.78, 5) is 30.1. The van der Waals surface area contributed by atoms with Gasteiger partial charge in [0.25, 0.3) is 0 Å². The number of carbonyl (C=O) groups is 1. The first kappa shape index (κ1) is 20.5. The molecule has 32 heavy (non-hydrogen) atoms. The van der Waals surface area contributed by atoms with Gasteiger partial charge in [-0.25, -0.2) is 4.79 Å². The predicted octanol–water partition coefficient (Wildman–Crippen LogP) is 3.48. The molecular formula is C26H28N4O2. The molecule has 0 spiro atoms. The third-order valence-electron chi connectivity index (χ3n) is 6.47. The minimum Gasteiger partial charge on any atom is -0.355 e. The number of aromatic nitrogens is 2. The molecule has 1 saturated heterocycles. The van der Waals surface area contributed by atoms with E-state index in [9.17, 15) is 9.59 Å². The number of piperidine rings is 1. The average molecular weight is 429 g/mol. The molecule has 1 aromatic heterocycles. The van der Waals surface area contributed by atoms with Crippen molar-refractivity contribution in [3.05, 3.63) is 82.8 Å². The van der Waals surface area contributed by atoms with Gasteiger partial charge >= 0.3 is 5.69 Å². The maximum absolute atomic E-state index is 12.4. The number of nitrogens with zero attached hydrogens (tertiary/aromatic N) is 2. The van der Waals surface area contributed by atoms with Crippen molar-refractivity contribution in [2.45, 2.75) is 25.3 Å². The van der Waals surface area contributed by atoms with E-state index in [1.165, 1.54) is 5.39 Å². The van der Waals surface area contributed by atoms with Gasteiger partial charge in [-0.2, -0.15) is 0 Å². The van der Waals surface area contributed by atoms with Gasteiger partial charge in [0.15, 0.2) is 0 Å². The number of nitrogens with one attached hydrogen (secondary N) is 2. The standard InChI is InChI=1S/C26H28N4O2/c31-25(18-19-9-10-20-5-1-2-6-21(20)17-19)27-13-16-29-14-11-22(12-15-29)30-24-8-4-3-7-23(24)28-26(30)32/h1-10,17,22H,11-16,18H2,(H,27,31)(H,28,32). The normalized spacial score (nSPS) is 15.4. The van der Waals surface area contributed by atoms with E-state index < -0.39 is 0 Å². The lowest BCUT2D eigenvalue weighted by Crippen LogP contribution is -2.41. The Morgan fingerprint density at radius 1 is 0.969 bits per heavy atom. The van der Waals surface area contributed by atoms with Crippen LogP contribution < -0.4 is 11.0 Å². The first-order valence-electron chi connectivity index (χ1n) is 11.3. The summed E-state index contributed by atoms with van der Waals surface area (Å²) in [5.74, 6) is 0.0560. The molecule has 0 saturated carbocycles. The number of imidazole rings is 1. The molecular weight excluding hydrogens is 400 g/mol. The Morgan fingerprint density at radius 3 is 2.56 bits per heavy atom. The lowest BCUT2D eigenvalue weighted by Gasteiger charge is -2.32. The van der Waals surface area contributed by atoms with E-state index in [0.717, 1.165) is 54.5 Å². The summed E-state index contributed by atoms with van der Waals surface area (Å²) in [6.45, 7) is 3.33. The first-order chi connectivity index (χ1) is 15.7. The molecule has 6 nitrogen and oxygen atoms in total. The van der Waals surface area contributed by atoms with Gasteiger partial charge in [-0.05, 0) is 41.3 Å². The largest absolute Gasteiger partial charge is 0.355 e. The van der Waals surface area contributed by atoms with E-state index in [2.05, 4.69) is 39.5 Å². The quantitative estimate of drug-likeness (QED) is 0.494. The number of fused-ring (bicyclic) bond motifs is 2. The topological polar surface area (TPSA) is 70.1 Å². The van der Waals surface area contributed by atoms with Crippen molar-refractivity contribution in [3.63, 3.8) is 0 Å². The van der Waals surface area contributed by atoms with Crippen LogP contribution in [-0.2, 0) is 11.2 Å². The molecule has 1 aliphatic rings. The predicted molar refractivity (Wildman–Crippen MR) is 128 cm³/mol. The molecule has 0 atom stereocenters. The van der Waals surface area contributed by atoms with Gasteiger partial charge in [-0.15, -0.1) is 0 Å². The highest BCUT2D eigenvalue weighted by atomic mass is 16.2. The second-order valence-corrected chi connectivity index (χ2v) is 8.60. The highest BCUT2D eigenvalue weighted by Gasteiger charge is 2.23. The van der Waals surface area contributed by atoms with E-state index in [1.54, 1.807) is 0 Å². The lowest BCUT2D eigenvalue weighted by atomic mass is 10.0. The van der Waals surface area contributed by atoms with E-state index in [1.807, 2.05) is 47.0 Å². The highest BCUT2D eigenvalue weighted by Crippen LogP contribution is 2.24. The molecule has 6 heteroatoms.